The molecule has 0 atom stereocenters. The third-order valence-corrected chi connectivity index (χ3v) is 2.03. The number of halogens is 2. The van der Waals surface area contributed by atoms with E-state index in [1.807, 2.05) is 6.07 Å². The fraction of sp³-hybridized carbons (Fsp3) is 0. The molecule has 0 unspecified atom stereocenters. The molecule has 2 rings (SSSR count). The van der Waals surface area contributed by atoms with Gasteiger partial charge in [-0.15, -0.1) is 0 Å². The van der Waals surface area contributed by atoms with Gasteiger partial charge in [-0.25, -0.2) is 8.78 Å². The number of hydrogen-bond donors (Lipinski definition) is 0. The van der Waals surface area contributed by atoms with E-state index >= 15 is 0 Å². The highest BCUT2D eigenvalue weighted by molar-refractivity contribution is 5.64. The summed E-state index contributed by atoms with van der Waals surface area (Å²) in [5, 5.41) is 0. The minimum absolute atomic E-state index is 0. The van der Waals surface area contributed by atoms with Gasteiger partial charge in [-0.3, -0.25) is 0 Å². The van der Waals surface area contributed by atoms with Gasteiger partial charge < -0.3 is 0 Å². The normalized spacial score (nSPS) is 10.1. The summed E-state index contributed by atoms with van der Waals surface area (Å²) in [7, 11) is 0. The quantitative estimate of drug-likeness (QED) is 0.644. The molecule has 0 aliphatic carbocycles. The van der Waals surface area contributed by atoms with Crippen LogP contribution in [0.2, 0.25) is 0 Å². The monoisotopic (exact) mass is 191 g/mol. The zero-order valence-corrected chi connectivity index (χ0v) is 7.37. The van der Waals surface area contributed by atoms with Crippen LogP contribution >= 0.6 is 0 Å². The summed E-state index contributed by atoms with van der Waals surface area (Å²) < 4.78 is 26.6. The van der Waals surface area contributed by atoms with Crippen LogP contribution in [-0.4, -0.2) is 0 Å². The molecule has 0 aromatic heterocycles. The summed E-state index contributed by atoms with van der Waals surface area (Å²) in [6.45, 7) is 0. The fourth-order valence-electron chi connectivity index (χ4n) is 1.38. The van der Waals surface area contributed by atoms with Gasteiger partial charge in [0, 0.05) is 0 Å². The van der Waals surface area contributed by atoms with Crippen molar-refractivity contribution in [1.29, 1.82) is 0 Å². The molecular weight excluding hydrogens is 182 g/mol. The smallest absolute Gasteiger partial charge is 0.206 e. The van der Waals surface area contributed by atoms with Crippen molar-refractivity contribution in [1.82, 2.24) is 0 Å². The van der Waals surface area contributed by atoms with Gasteiger partial charge in [-0.05, 0) is 17.7 Å². The number of rotatable bonds is 1. The zero-order valence-electron chi connectivity index (χ0n) is 8.37. The lowest BCUT2D eigenvalue weighted by Gasteiger charge is -2.03. The minimum Gasteiger partial charge on any atom is -0.206 e. The van der Waals surface area contributed by atoms with Crippen LogP contribution in [0.3, 0.4) is 0 Å². The second-order valence-electron chi connectivity index (χ2n) is 2.96. The highest BCUT2D eigenvalue weighted by atomic mass is 19.1. The molecule has 70 valence electrons. The van der Waals surface area contributed by atoms with Crippen molar-refractivity contribution in [3.05, 3.63) is 60.2 Å². The number of hydrogen-bond acceptors (Lipinski definition) is 0. The Hall–Kier alpha value is -1.70. The van der Waals surface area contributed by atoms with Gasteiger partial charge in [-0.1, -0.05) is 36.4 Å². The second-order valence-corrected chi connectivity index (χ2v) is 2.96. The van der Waals surface area contributed by atoms with E-state index in [0.29, 0.717) is 5.56 Å². The molecule has 2 aromatic carbocycles. The molecule has 14 heavy (non-hydrogen) atoms. The highest BCUT2D eigenvalue weighted by Crippen LogP contribution is 2.25. The summed E-state index contributed by atoms with van der Waals surface area (Å²) in [4.78, 5) is 0. The largest absolute Gasteiger partial charge is 1.00 e. The van der Waals surface area contributed by atoms with Crippen molar-refractivity contribution in [3.8, 4) is 11.1 Å². The van der Waals surface area contributed by atoms with Gasteiger partial charge in [0.1, 0.15) is 11.6 Å². The first kappa shape index (κ1) is 8.88. The van der Waals surface area contributed by atoms with Gasteiger partial charge in [0.15, 0.2) is 0 Å². The maximum absolute atomic E-state index is 13.3. The van der Waals surface area contributed by atoms with Crippen LogP contribution in [0.1, 0.15) is 1.43 Å². The molecule has 0 aliphatic heterocycles. The Morgan fingerprint density at radius 2 is 1.29 bits per heavy atom. The van der Waals surface area contributed by atoms with E-state index in [1.54, 1.807) is 24.3 Å². The average Bonchev–Trinajstić information content (AvgIpc) is 2.19. The second kappa shape index (κ2) is 3.58. The summed E-state index contributed by atoms with van der Waals surface area (Å²) in [5.74, 6) is -1.06. The summed E-state index contributed by atoms with van der Waals surface area (Å²) in [5.41, 5.74) is 0.594. The first-order chi connectivity index (χ1) is 6.79. The summed E-state index contributed by atoms with van der Waals surface area (Å²) in [6, 6.07) is 12.5. The lowest BCUT2D eigenvalue weighted by molar-refractivity contribution is 0.589. The lowest BCUT2D eigenvalue weighted by atomic mass is 10.0. The maximum Gasteiger partial charge on any atom is 1.00 e. The van der Waals surface area contributed by atoms with E-state index in [4.69, 9.17) is 0 Å². The molecule has 0 radical (unpaired) electrons. The van der Waals surface area contributed by atoms with Crippen LogP contribution in [-0.2, 0) is 0 Å². The molecule has 0 N–H and O–H groups in total. The molecular formula is C12H9F2+. The van der Waals surface area contributed by atoms with Crippen molar-refractivity contribution in [2.75, 3.05) is 0 Å². The average molecular weight is 191 g/mol. The predicted molar refractivity (Wildman–Crippen MR) is 52.9 cm³/mol. The van der Waals surface area contributed by atoms with E-state index in [2.05, 4.69) is 0 Å². The van der Waals surface area contributed by atoms with Crippen LogP contribution in [0.15, 0.2) is 48.5 Å². The lowest BCUT2D eigenvalue weighted by Crippen LogP contribution is -1.88. The van der Waals surface area contributed by atoms with Gasteiger partial charge >= 0.3 is 1.43 Å². The van der Waals surface area contributed by atoms with Crippen molar-refractivity contribution in [3.63, 3.8) is 0 Å². The first-order valence-corrected chi connectivity index (χ1v) is 4.28. The van der Waals surface area contributed by atoms with Crippen LogP contribution in [0, 0.1) is 11.6 Å². The minimum atomic E-state index is -0.531. The molecule has 2 aromatic rings. The SMILES string of the molecule is Fc1cccc(F)c1-c1ccccc1.[H+]. The van der Waals surface area contributed by atoms with Crippen LogP contribution in [0.5, 0.6) is 0 Å². The Morgan fingerprint density at radius 1 is 0.714 bits per heavy atom. The Bertz CT molecular complexity index is 420. The van der Waals surface area contributed by atoms with E-state index in [0.717, 1.165) is 0 Å². The van der Waals surface area contributed by atoms with Crippen molar-refractivity contribution >= 4 is 0 Å². The van der Waals surface area contributed by atoms with E-state index in [9.17, 15) is 8.78 Å². The molecule has 0 fully saturated rings. The molecule has 0 nitrogen and oxygen atoms in total. The van der Waals surface area contributed by atoms with Crippen molar-refractivity contribution in [2.24, 2.45) is 0 Å². The third-order valence-electron chi connectivity index (χ3n) is 2.03. The molecule has 0 amide bonds. The van der Waals surface area contributed by atoms with Crippen molar-refractivity contribution < 1.29 is 10.2 Å². The standard InChI is InChI=1S/C12H8F2/c13-10-7-4-8-11(14)12(10)9-5-2-1-3-6-9/h1-8H/p+1. The first-order valence-electron chi connectivity index (χ1n) is 4.28. The van der Waals surface area contributed by atoms with Gasteiger partial charge in [-0.2, -0.15) is 0 Å². The predicted octanol–water partition coefficient (Wildman–Crippen LogP) is 3.74. The molecule has 0 bridgehead atoms. The van der Waals surface area contributed by atoms with Crippen LogP contribution in [0.4, 0.5) is 8.78 Å². The molecule has 2 heteroatoms. The van der Waals surface area contributed by atoms with Gasteiger partial charge in [0.05, 0.1) is 5.56 Å². The molecule has 0 aliphatic rings. The van der Waals surface area contributed by atoms with E-state index < -0.39 is 11.6 Å². The maximum atomic E-state index is 13.3. The third kappa shape index (κ3) is 1.51. The van der Waals surface area contributed by atoms with E-state index in [-0.39, 0.29) is 6.99 Å². The fourth-order valence-corrected chi connectivity index (χ4v) is 1.38. The Kier molecular flexibility index (Phi) is 2.27. The van der Waals surface area contributed by atoms with Crippen LogP contribution < -0.4 is 0 Å². The summed E-state index contributed by atoms with van der Waals surface area (Å²) >= 11 is 0. The Balaban J connectivity index is 0.00000112. The Labute approximate surface area is 82.3 Å². The Morgan fingerprint density at radius 3 is 1.86 bits per heavy atom. The van der Waals surface area contributed by atoms with Crippen LogP contribution in [0.25, 0.3) is 11.1 Å². The molecule has 0 saturated heterocycles. The number of benzene rings is 2. The zero-order chi connectivity index (χ0) is 9.97. The van der Waals surface area contributed by atoms with Gasteiger partial charge in [0.25, 0.3) is 0 Å². The van der Waals surface area contributed by atoms with E-state index in [1.165, 1.54) is 18.2 Å². The van der Waals surface area contributed by atoms with Gasteiger partial charge in [0.2, 0.25) is 0 Å². The highest BCUT2D eigenvalue weighted by Gasteiger charge is 2.09. The van der Waals surface area contributed by atoms with Crippen molar-refractivity contribution in [2.45, 2.75) is 0 Å². The molecule has 0 saturated carbocycles. The molecule has 0 spiro atoms. The summed E-state index contributed by atoms with van der Waals surface area (Å²) in [6.07, 6.45) is 0. The molecule has 0 heterocycles. The topological polar surface area (TPSA) is 0 Å².